The molecule has 23 heavy (non-hydrogen) atoms. The molecule has 0 spiro atoms. The summed E-state index contributed by atoms with van der Waals surface area (Å²) in [5.41, 5.74) is 5.87. The zero-order chi connectivity index (χ0) is 17.0. The Morgan fingerprint density at radius 3 is 2.35 bits per heavy atom. The van der Waals surface area contributed by atoms with Crippen molar-refractivity contribution in [3.05, 3.63) is 34.4 Å². The zero-order valence-electron chi connectivity index (χ0n) is 13.5. The van der Waals surface area contributed by atoms with Crippen LogP contribution in [0.3, 0.4) is 0 Å². The molecule has 0 bridgehead atoms. The van der Waals surface area contributed by atoms with Crippen molar-refractivity contribution in [1.82, 2.24) is 4.90 Å². The first-order chi connectivity index (χ1) is 10.9. The van der Waals surface area contributed by atoms with Crippen molar-refractivity contribution < 1.29 is 14.5 Å². The lowest BCUT2D eigenvalue weighted by Gasteiger charge is -2.34. The summed E-state index contributed by atoms with van der Waals surface area (Å²) < 4.78 is 5.81. The molecule has 1 saturated heterocycles. The van der Waals surface area contributed by atoms with Gasteiger partial charge in [0.15, 0.2) is 6.10 Å². The number of hydrogen-bond acceptors (Lipinski definition) is 5. The van der Waals surface area contributed by atoms with Crippen molar-refractivity contribution >= 4 is 11.6 Å². The zero-order valence-corrected chi connectivity index (χ0v) is 13.5. The number of non-ortho nitro benzene ring substituents is 1. The van der Waals surface area contributed by atoms with Crippen molar-refractivity contribution in [3.63, 3.8) is 0 Å². The summed E-state index contributed by atoms with van der Waals surface area (Å²) in [7, 11) is 0. The molecule has 0 radical (unpaired) electrons. The third-order valence-electron chi connectivity index (χ3n) is 4.01. The number of likely N-dealkylation sites (tertiary alicyclic amines) is 1. The van der Waals surface area contributed by atoms with E-state index in [0.717, 1.165) is 12.8 Å². The fraction of sp³-hybridized carbons (Fsp3) is 0.562. The number of piperidine rings is 1. The van der Waals surface area contributed by atoms with Crippen LogP contribution in [0.25, 0.3) is 0 Å². The van der Waals surface area contributed by atoms with Gasteiger partial charge in [-0.3, -0.25) is 14.9 Å². The van der Waals surface area contributed by atoms with Crippen LogP contribution >= 0.6 is 0 Å². The monoisotopic (exact) mass is 321 g/mol. The largest absolute Gasteiger partial charge is 0.480 e. The smallest absolute Gasteiger partial charge is 0.269 e. The van der Waals surface area contributed by atoms with Gasteiger partial charge in [-0.1, -0.05) is 13.8 Å². The Labute approximate surface area is 135 Å². The molecule has 2 rings (SSSR count). The summed E-state index contributed by atoms with van der Waals surface area (Å²) in [6, 6.07) is 5.95. The Morgan fingerprint density at radius 1 is 1.30 bits per heavy atom. The van der Waals surface area contributed by atoms with Crippen LogP contribution in [0, 0.1) is 16.0 Å². The van der Waals surface area contributed by atoms with Gasteiger partial charge in [0.25, 0.3) is 11.6 Å². The average molecular weight is 321 g/mol. The molecule has 0 saturated carbocycles. The number of rotatable bonds is 5. The molecule has 126 valence electrons. The third-order valence-corrected chi connectivity index (χ3v) is 4.01. The van der Waals surface area contributed by atoms with Crippen LogP contribution in [0.5, 0.6) is 5.75 Å². The lowest BCUT2D eigenvalue weighted by Crippen LogP contribution is -2.49. The second-order valence-electron chi connectivity index (χ2n) is 6.20. The molecular weight excluding hydrogens is 298 g/mol. The minimum Gasteiger partial charge on any atom is -0.480 e. The van der Waals surface area contributed by atoms with Crippen LogP contribution in [0.4, 0.5) is 5.69 Å². The molecule has 7 nitrogen and oxygen atoms in total. The van der Waals surface area contributed by atoms with E-state index in [9.17, 15) is 14.9 Å². The maximum Gasteiger partial charge on any atom is 0.269 e. The van der Waals surface area contributed by atoms with Crippen molar-refractivity contribution in [1.29, 1.82) is 0 Å². The van der Waals surface area contributed by atoms with Crippen LogP contribution in [0.2, 0.25) is 0 Å². The molecule has 1 aliphatic heterocycles. The second-order valence-corrected chi connectivity index (χ2v) is 6.20. The standard InChI is InChI=1S/C16H23N3O4/c1-11(2)15(16(20)18-9-7-12(17)8-10-18)23-14-5-3-13(4-6-14)19(21)22/h3-6,11-12,15H,7-10,17H2,1-2H3. The number of nitro benzene ring substituents is 1. The summed E-state index contributed by atoms with van der Waals surface area (Å²) in [6.07, 6.45) is 0.994. The number of amides is 1. The van der Waals surface area contributed by atoms with Crippen LogP contribution in [-0.2, 0) is 4.79 Å². The number of nitro groups is 1. The van der Waals surface area contributed by atoms with Crippen LogP contribution < -0.4 is 10.5 Å². The topological polar surface area (TPSA) is 98.7 Å². The molecule has 1 atom stereocenters. The number of hydrogen-bond donors (Lipinski definition) is 1. The molecular formula is C16H23N3O4. The quantitative estimate of drug-likeness (QED) is 0.660. The highest BCUT2D eigenvalue weighted by Crippen LogP contribution is 2.22. The number of nitrogens with two attached hydrogens (primary N) is 1. The number of nitrogens with zero attached hydrogens (tertiary/aromatic N) is 2. The van der Waals surface area contributed by atoms with E-state index in [4.69, 9.17) is 10.5 Å². The van der Waals surface area contributed by atoms with E-state index in [-0.39, 0.29) is 23.6 Å². The van der Waals surface area contributed by atoms with E-state index >= 15 is 0 Å². The molecule has 1 aliphatic rings. The Bertz CT molecular complexity index is 551. The van der Waals surface area contributed by atoms with Crippen LogP contribution in [-0.4, -0.2) is 41.0 Å². The summed E-state index contributed by atoms with van der Waals surface area (Å²) in [5, 5.41) is 10.7. The van der Waals surface area contributed by atoms with Gasteiger partial charge in [-0.15, -0.1) is 0 Å². The highest BCUT2D eigenvalue weighted by Gasteiger charge is 2.31. The normalized spacial score (nSPS) is 17.1. The highest BCUT2D eigenvalue weighted by molar-refractivity contribution is 5.81. The minimum atomic E-state index is -0.606. The molecule has 1 fully saturated rings. The predicted octanol–water partition coefficient (Wildman–Crippen LogP) is 1.95. The number of carbonyl (C=O) groups is 1. The molecule has 1 heterocycles. The van der Waals surface area contributed by atoms with E-state index in [1.54, 1.807) is 4.90 Å². The first-order valence-corrected chi connectivity index (χ1v) is 7.84. The average Bonchev–Trinajstić information content (AvgIpc) is 2.53. The Kier molecular flexibility index (Phi) is 5.54. The van der Waals surface area contributed by atoms with E-state index in [1.807, 2.05) is 13.8 Å². The molecule has 7 heteroatoms. The van der Waals surface area contributed by atoms with Gasteiger partial charge < -0.3 is 15.4 Å². The van der Waals surface area contributed by atoms with Crippen molar-refractivity contribution in [2.75, 3.05) is 13.1 Å². The summed E-state index contributed by atoms with van der Waals surface area (Å²) >= 11 is 0. The molecule has 1 unspecified atom stereocenters. The molecule has 2 N–H and O–H groups in total. The Balaban J connectivity index is 2.06. The van der Waals surface area contributed by atoms with Crippen molar-refractivity contribution in [2.24, 2.45) is 11.7 Å². The summed E-state index contributed by atoms with van der Waals surface area (Å²) in [5.74, 6) is 0.398. The van der Waals surface area contributed by atoms with Gasteiger partial charge >= 0.3 is 0 Å². The van der Waals surface area contributed by atoms with Gasteiger partial charge in [0, 0.05) is 31.3 Å². The predicted molar refractivity (Wildman–Crippen MR) is 86.1 cm³/mol. The van der Waals surface area contributed by atoms with Gasteiger partial charge in [0.1, 0.15) is 5.75 Å². The SMILES string of the molecule is CC(C)C(Oc1ccc([N+](=O)[O-])cc1)C(=O)N1CCC(N)CC1. The van der Waals surface area contributed by atoms with Crippen LogP contribution in [0.15, 0.2) is 24.3 Å². The first-order valence-electron chi connectivity index (χ1n) is 7.84. The maximum atomic E-state index is 12.7. The van der Waals surface area contributed by atoms with Gasteiger partial charge in [0.05, 0.1) is 4.92 Å². The fourth-order valence-corrected chi connectivity index (χ4v) is 2.56. The number of carbonyl (C=O) groups excluding carboxylic acids is 1. The van der Waals surface area contributed by atoms with Gasteiger partial charge in [-0.25, -0.2) is 0 Å². The van der Waals surface area contributed by atoms with Crippen LogP contribution in [0.1, 0.15) is 26.7 Å². The number of ether oxygens (including phenoxy) is 1. The first kappa shape index (κ1) is 17.2. The third kappa shape index (κ3) is 4.41. The lowest BCUT2D eigenvalue weighted by molar-refractivity contribution is -0.384. The molecule has 0 aromatic heterocycles. The van der Waals surface area contributed by atoms with Gasteiger partial charge in [-0.2, -0.15) is 0 Å². The van der Waals surface area contributed by atoms with E-state index in [1.165, 1.54) is 24.3 Å². The van der Waals surface area contributed by atoms with E-state index in [2.05, 4.69) is 0 Å². The highest BCUT2D eigenvalue weighted by atomic mass is 16.6. The van der Waals surface area contributed by atoms with Gasteiger partial charge in [-0.05, 0) is 30.9 Å². The molecule has 1 amide bonds. The molecule has 0 aliphatic carbocycles. The Hall–Kier alpha value is -2.15. The summed E-state index contributed by atoms with van der Waals surface area (Å²) in [4.78, 5) is 24.7. The fourth-order valence-electron chi connectivity index (χ4n) is 2.56. The minimum absolute atomic E-state index is 0.00482. The van der Waals surface area contributed by atoms with Gasteiger partial charge in [0.2, 0.25) is 0 Å². The summed E-state index contributed by atoms with van der Waals surface area (Å²) in [6.45, 7) is 5.13. The van der Waals surface area contributed by atoms with Crippen molar-refractivity contribution in [2.45, 2.75) is 38.8 Å². The van der Waals surface area contributed by atoms with E-state index in [0.29, 0.717) is 18.8 Å². The number of benzene rings is 1. The molecule has 1 aromatic carbocycles. The van der Waals surface area contributed by atoms with E-state index < -0.39 is 11.0 Å². The second kappa shape index (κ2) is 7.41. The lowest BCUT2D eigenvalue weighted by atomic mass is 10.0. The van der Waals surface area contributed by atoms with Crippen molar-refractivity contribution in [3.8, 4) is 5.75 Å². The Morgan fingerprint density at radius 2 is 1.87 bits per heavy atom. The molecule has 1 aromatic rings. The maximum absolute atomic E-state index is 12.7.